The molecule has 0 bridgehead atoms. The zero-order valence-electron chi connectivity index (χ0n) is 10.7. The van der Waals surface area contributed by atoms with E-state index in [0.717, 1.165) is 12.8 Å². The number of carbonyl (C=O) groups is 1. The molecule has 2 unspecified atom stereocenters. The van der Waals surface area contributed by atoms with Crippen LogP contribution in [0, 0.1) is 5.92 Å². The van der Waals surface area contributed by atoms with Crippen molar-refractivity contribution in [3.8, 4) is 0 Å². The minimum atomic E-state index is 0.0000674. The van der Waals surface area contributed by atoms with Gasteiger partial charge in [-0.05, 0) is 12.8 Å². The molecule has 1 aliphatic rings. The summed E-state index contributed by atoms with van der Waals surface area (Å²) in [6, 6.07) is 0. The Hall–Kier alpha value is -0.320. The highest BCUT2D eigenvalue weighted by Crippen LogP contribution is 2.25. The minimum absolute atomic E-state index is 0.0000674. The van der Waals surface area contributed by atoms with Gasteiger partial charge >= 0.3 is 0 Å². The maximum Gasteiger partial charge on any atom is 0.228 e. The lowest BCUT2D eigenvalue weighted by molar-refractivity contribution is -0.137. The monoisotopic (exact) mass is 263 g/mol. The minimum Gasteiger partial charge on any atom is -0.383 e. The van der Waals surface area contributed by atoms with E-state index in [2.05, 4.69) is 6.92 Å². The van der Waals surface area contributed by atoms with E-state index in [1.807, 2.05) is 0 Å². The number of nitrogens with zero attached hydrogens (tertiary/aromatic N) is 1. The van der Waals surface area contributed by atoms with Gasteiger partial charge in [-0.2, -0.15) is 0 Å². The molecule has 0 radical (unpaired) electrons. The standard InChI is InChI=1S/C12H22ClNO3/c1-3-11-10(4-8-17-11)12(15)14(6-5-13)7-9-16-2/h10-11H,3-9H2,1-2H3. The summed E-state index contributed by atoms with van der Waals surface area (Å²) in [5.74, 6) is 0.618. The second-order valence-electron chi connectivity index (χ2n) is 4.22. The van der Waals surface area contributed by atoms with E-state index in [-0.39, 0.29) is 17.9 Å². The molecule has 17 heavy (non-hydrogen) atoms. The summed E-state index contributed by atoms with van der Waals surface area (Å²) in [5.41, 5.74) is 0. The molecule has 0 aromatic rings. The van der Waals surface area contributed by atoms with Gasteiger partial charge in [0.2, 0.25) is 5.91 Å². The van der Waals surface area contributed by atoms with E-state index in [9.17, 15) is 4.79 Å². The lowest BCUT2D eigenvalue weighted by Gasteiger charge is -2.26. The molecule has 0 N–H and O–H groups in total. The second kappa shape index (κ2) is 7.90. The Labute approximate surface area is 108 Å². The fourth-order valence-corrected chi connectivity index (χ4v) is 2.41. The first-order valence-corrected chi connectivity index (χ1v) is 6.73. The van der Waals surface area contributed by atoms with Crippen LogP contribution < -0.4 is 0 Å². The number of alkyl halides is 1. The Bertz CT molecular complexity index is 238. The molecule has 0 saturated carbocycles. The second-order valence-corrected chi connectivity index (χ2v) is 4.60. The van der Waals surface area contributed by atoms with Crippen LogP contribution in [0.15, 0.2) is 0 Å². The normalized spacial score (nSPS) is 23.9. The SMILES string of the molecule is CCC1OCCC1C(=O)N(CCCl)CCOC. The van der Waals surface area contributed by atoms with Crippen LogP contribution >= 0.6 is 11.6 Å². The van der Waals surface area contributed by atoms with Crippen molar-refractivity contribution in [1.82, 2.24) is 4.90 Å². The molecule has 100 valence electrons. The molecule has 0 aliphatic carbocycles. The molecule has 0 spiro atoms. The van der Waals surface area contributed by atoms with E-state index in [1.165, 1.54) is 0 Å². The first-order chi connectivity index (χ1) is 8.24. The van der Waals surface area contributed by atoms with Gasteiger partial charge in [-0.3, -0.25) is 4.79 Å². The summed E-state index contributed by atoms with van der Waals surface area (Å²) >= 11 is 5.73. The van der Waals surface area contributed by atoms with Crippen LogP contribution in [0.5, 0.6) is 0 Å². The maximum absolute atomic E-state index is 12.3. The molecular formula is C12H22ClNO3. The number of hydrogen-bond acceptors (Lipinski definition) is 3. The molecule has 5 heteroatoms. The fraction of sp³-hybridized carbons (Fsp3) is 0.917. The topological polar surface area (TPSA) is 38.8 Å². The molecule has 1 aliphatic heterocycles. The lowest BCUT2D eigenvalue weighted by Crippen LogP contribution is -2.42. The van der Waals surface area contributed by atoms with Crippen LogP contribution in [0.25, 0.3) is 0 Å². The highest BCUT2D eigenvalue weighted by molar-refractivity contribution is 6.18. The smallest absolute Gasteiger partial charge is 0.228 e. The van der Waals surface area contributed by atoms with Gasteiger partial charge in [0.25, 0.3) is 0 Å². The third-order valence-electron chi connectivity index (χ3n) is 3.16. The van der Waals surface area contributed by atoms with E-state index in [0.29, 0.717) is 32.2 Å². The van der Waals surface area contributed by atoms with Crippen LogP contribution in [0.3, 0.4) is 0 Å². The average molecular weight is 264 g/mol. The number of ether oxygens (including phenoxy) is 2. The van der Waals surface area contributed by atoms with Crippen molar-refractivity contribution in [2.24, 2.45) is 5.92 Å². The third kappa shape index (κ3) is 4.12. The van der Waals surface area contributed by atoms with Crippen molar-refractivity contribution >= 4 is 17.5 Å². The Balaban J connectivity index is 2.56. The lowest BCUT2D eigenvalue weighted by atomic mass is 9.98. The number of rotatable bonds is 7. The largest absolute Gasteiger partial charge is 0.383 e. The van der Waals surface area contributed by atoms with Gasteiger partial charge in [-0.1, -0.05) is 6.92 Å². The predicted molar refractivity (Wildman–Crippen MR) is 67.3 cm³/mol. The fourth-order valence-electron chi connectivity index (χ4n) is 2.20. The van der Waals surface area contributed by atoms with Crippen LogP contribution in [-0.2, 0) is 14.3 Å². The van der Waals surface area contributed by atoms with E-state index in [1.54, 1.807) is 12.0 Å². The zero-order valence-corrected chi connectivity index (χ0v) is 11.4. The summed E-state index contributed by atoms with van der Waals surface area (Å²) in [6.45, 7) is 4.48. The molecular weight excluding hydrogens is 242 g/mol. The Morgan fingerprint density at radius 3 is 2.88 bits per heavy atom. The maximum atomic E-state index is 12.3. The van der Waals surface area contributed by atoms with Crippen LogP contribution in [0.2, 0.25) is 0 Å². The molecule has 1 fully saturated rings. The molecule has 4 nitrogen and oxygen atoms in total. The average Bonchev–Trinajstić information content (AvgIpc) is 2.81. The summed E-state index contributed by atoms with van der Waals surface area (Å²) in [6.07, 6.45) is 1.78. The summed E-state index contributed by atoms with van der Waals surface area (Å²) < 4.78 is 10.6. The van der Waals surface area contributed by atoms with Crippen molar-refractivity contribution in [3.05, 3.63) is 0 Å². The zero-order chi connectivity index (χ0) is 12.7. The Morgan fingerprint density at radius 1 is 1.53 bits per heavy atom. The number of hydrogen-bond donors (Lipinski definition) is 0. The Kier molecular flexibility index (Phi) is 6.85. The molecule has 1 rings (SSSR count). The first-order valence-electron chi connectivity index (χ1n) is 6.19. The predicted octanol–water partition coefficient (Wildman–Crippen LogP) is 1.52. The number of methoxy groups -OCH3 is 1. The number of halogens is 1. The van der Waals surface area contributed by atoms with Crippen LogP contribution in [0.4, 0.5) is 0 Å². The van der Waals surface area contributed by atoms with Gasteiger partial charge in [-0.25, -0.2) is 0 Å². The molecule has 1 amide bonds. The highest BCUT2D eigenvalue weighted by Gasteiger charge is 2.35. The van der Waals surface area contributed by atoms with Crippen molar-refractivity contribution in [2.45, 2.75) is 25.9 Å². The molecule has 1 saturated heterocycles. The molecule has 2 atom stereocenters. The molecule has 1 heterocycles. The van der Waals surface area contributed by atoms with Crippen LogP contribution in [-0.4, -0.2) is 56.2 Å². The highest BCUT2D eigenvalue weighted by atomic mass is 35.5. The Morgan fingerprint density at radius 2 is 2.29 bits per heavy atom. The van der Waals surface area contributed by atoms with Gasteiger partial charge in [0.15, 0.2) is 0 Å². The van der Waals surface area contributed by atoms with Crippen molar-refractivity contribution < 1.29 is 14.3 Å². The molecule has 0 aromatic carbocycles. The third-order valence-corrected chi connectivity index (χ3v) is 3.33. The quantitative estimate of drug-likeness (QED) is 0.654. The summed E-state index contributed by atoms with van der Waals surface area (Å²) in [5, 5.41) is 0. The van der Waals surface area contributed by atoms with Crippen molar-refractivity contribution in [2.75, 3.05) is 39.3 Å². The van der Waals surface area contributed by atoms with E-state index >= 15 is 0 Å². The molecule has 0 aromatic heterocycles. The first kappa shape index (κ1) is 14.7. The van der Waals surface area contributed by atoms with Gasteiger partial charge in [0, 0.05) is 32.7 Å². The van der Waals surface area contributed by atoms with Crippen LogP contribution in [0.1, 0.15) is 19.8 Å². The van der Waals surface area contributed by atoms with E-state index in [4.69, 9.17) is 21.1 Å². The number of amides is 1. The van der Waals surface area contributed by atoms with E-state index < -0.39 is 0 Å². The van der Waals surface area contributed by atoms with Crippen molar-refractivity contribution in [3.63, 3.8) is 0 Å². The van der Waals surface area contributed by atoms with Gasteiger partial charge in [-0.15, -0.1) is 11.6 Å². The van der Waals surface area contributed by atoms with Gasteiger partial charge in [0.1, 0.15) is 0 Å². The van der Waals surface area contributed by atoms with Gasteiger partial charge in [0.05, 0.1) is 18.6 Å². The number of carbonyl (C=O) groups excluding carboxylic acids is 1. The van der Waals surface area contributed by atoms with Crippen molar-refractivity contribution in [1.29, 1.82) is 0 Å². The summed E-state index contributed by atoms with van der Waals surface area (Å²) in [4.78, 5) is 14.1. The summed E-state index contributed by atoms with van der Waals surface area (Å²) in [7, 11) is 1.64. The van der Waals surface area contributed by atoms with Gasteiger partial charge < -0.3 is 14.4 Å².